The zero-order chi connectivity index (χ0) is 15.9. The van der Waals surface area contributed by atoms with E-state index in [2.05, 4.69) is 49.1 Å². The summed E-state index contributed by atoms with van der Waals surface area (Å²) in [6, 6.07) is 11.2. The third-order valence-corrected chi connectivity index (χ3v) is 4.67. The average molecular weight is 323 g/mol. The Labute approximate surface area is 139 Å². The molecule has 4 heteroatoms. The van der Waals surface area contributed by atoms with E-state index >= 15 is 0 Å². The van der Waals surface area contributed by atoms with E-state index in [1.807, 2.05) is 4.90 Å². The first-order chi connectivity index (χ1) is 10.6. The summed E-state index contributed by atoms with van der Waals surface area (Å²) < 4.78 is 0. The Morgan fingerprint density at radius 1 is 1.32 bits per heavy atom. The van der Waals surface area contributed by atoms with Crippen LogP contribution >= 0.6 is 11.6 Å². The second-order valence-electron chi connectivity index (χ2n) is 6.38. The van der Waals surface area contributed by atoms with E-state index in [1.165, 1.54) is 18.4 Å². The predicted octanol–water partition coefficient (Wildman–Crippen LogP) is 3.52. The van der Waals surface area contributed by atoms with Crippen LogP contribution in [0.4, 0.5) is 0 Å². The van der Waals surface area contributed by atoms with Crippen LogP contribution in [0.1, 0.15) is 38.7 Å². The molecule has 0 aromatic heterocycles. The summed E-state index contributed by atoms with van der Waals surface area (Å²) >= 11 is 5.77. The number of rotatable bonds is 6. The van der Waals surface area contributed by atoms with Crippen LogP contribution in [0.5, 0.6) is 0 Å². The fourth-order valence-corrected chi connectivity index (χ4v) is 3.35. The van der Waals surface area contributed by atoms with Crippen LogP contribution < -0.4 is 0 Å². The highest BCUT2D eigenvalue weighted by atomic mass is 35.5. The van der Waals surface area contributed by atoms with Crippen LogP contribution in [0.2, 0.25) is 0 Å². The van der Waals surface area contributed by atoms with E-state index < -0.39 is 0 Å². The lowest BCUT2D eigenvalue weighted by atomic mass is 10.00. The first-order valence-corrected chi connectivity index (χ1v) is 8.78. The minimum Gasteiger partial charge on any atom is -0.338 e. The fraction of sp³-hybridized carbons (Fsp3) is 0.611. The SMILES string of the molecule is CC(C)N(C[C@H]1CCCCN1Cc1ccccc1)C(=O)CCl. The molecule has 1 aliphatic heterocycles. The number of hydrogen-bond acceptors (Lipinski definition) is 2. The van der Waals surface area contributed by atoms with Gasteiger partial charge in [-0.15, -0.1) is 11.6 Å². The summed E-state index contributed by atoms with van der Waals surface area (Å²) in [4.78, 5) is 16.5. The van der Waals surface area contributed by atoms with Crippen LogP contribution in [-0.2, 0) is 11.3 Å². The Kier molecular flexibility index (Phi) is 6.71. The van der Waals surface area contributed by atoms with Gasteiger partial charge in [0.05, 0.1) is 0 Å². The van der Waals surface area contributed by atoms with Gasteiger partial charge < -0.3 is 4.90 Å². The molecule has 0 spiro atoms. The number of benzene rings is 1. The van der Waals surface area contributed by atoms with Crippen molar-refractivity contribution in [3.63, 3.8) is 0 Å². The summed E-state index contributed by atoms with van der Waals surface area (Å²) in [5.41, 5.74) is 1.34. The number of piperidine rings is 1. The second kappa shape index (κ2) is 8.54. The van der Waals surface area contributed by atoms with Gasteiger partial charge in [0.1, 0.15) is 5.88 Å². The Balaban J connectivity index is 2.04. The quantitative estimate of drug-likeness (QED) is 0.748. The van der Waals surface area contributed by atoms with Gasteiger partial charge in [-0.25, -0.2) is 0 Å². The highest BCUT2D eigenvalue weighted by Gasteiger charge is 2.27. The standard InChI is InChI=1S/C18H27ClN2O/c1-15(2)21(18(22)12-19)14-17-10-6-7-11-20(17)13-16-8-4-3-5-9-16/h3-5,8-9,15,17H,6-7,10-14H2,1-2H3/t17-/m1/s1. The molecule has 1 aliphatic rings. The van der Waals surface area contributed by atoms with E-state index in [-0.39, 0.29) is 17.8 Å². The van der Waals surface area contributed by atoms with Gasteiger partial charge in [-0.3, -0.25) is 9.69 Å². The summed E-state index contributed by atoms with van der Waals surface area (Å²) in [7, 11) is 0. The molecule has 1 atom stereocenters. The number of halogens is 1. The smallest absolute Gasteiger partial charge is 0.237 e. The Morgan fingerprint density at radius 3 is 2.68 bits per heavy atom. The van der Waals surface area contributed by atoms with Gasteiger partial charge in [-0.2, -0.15) is 0 Å². The first-order valence-electron chi connectivity index (χ1n) is 8.25. The molecule has 0 unspecified atom stereocenters. The topological polar surface area (TPSA) is 23.6 Å². The lowest BCUT2D eigenvalue weighted by Crippen LogP contribution is -2.50. The number of amides is 1. The van der Waals surface area contributed by atoms with E-state index in [9.17, 15) is 4.79 Å². The van der Waals surface area contributed by atoms with Crippen LogP contribution in [-0.4, -0.2) is 46.8 Å². The van der Waals surface area contributed by atoms with Crippen molar-refractivity contribution < 1.29 is 4.79 Å². The third kappa shape index (κ3) is 4.72. The van der Waals surface area contributed by atoms with Crippen molar-refractivity contribution in [2.75, 3.05) is 19.0 Å². The lowest BCUT2D eigenvalue weighted by molar-refractivity contribution is -0.131. The number of alkyl halides is 1. The summed E-state index contributed by atoms with van der Waals surface area (Å²) in [5, 5.41) is 0. The molecule has 3 nitrogen and oxygen atoms in total. The minimum atomic E-state index is 0.0434. The van der Waals surface area contributed by atoms with E-state index in [4.69, 9.17) is 11.6 Å². The van der Waals surface area contributed by atoms with Crippen LogP contribution in [0.25, 0.3) is 0 Å². The summed E-state index contributed by atoms with van der Waals surface area (Å²) in [6.45, 7) is 6.99. The van der Waals surface area contributed by atoms with Crippen molar-refractivity contribution in [2.24, 2.45) is 0 Å². The van der Waals surface area contributed by atoms with Gasteiger partial charge in [0, 0.05) is 25.2 Å². The van der Waals surface area contributed by atoms with Crippen molar-refractivity contribution in [1.29, 1.82) is 0 Å². The number of carbonyl (C=O) groups is 1. The lowest BCUT2D eigenvalue weighted by Gasteiger charge is -2.40. The molecular formula is C18H27ClN2O. The molecule has 2 rings (SSSR count). The van der Waals surface area contributed by atoms with E-state index in [0.717, 1.165) is 26.1 Å². The van der Waals surface area contributed by atoms with Crippen LogP contribution in [0.3, 0.4) is 0 Å². The van der Waals surface area contributed by atoms with Crippen molar-refractivity contribution in [3.8, 4) is 0 Å². The number of likely N-dealkylation sites (tertiary alicyclic amines) is 1. The zero-order valence-corrected chi connectivity index (χ0v) is 14.4. The molecular weight excluding hydrogens is 296 g/mol. The number of hydrogen-bond donors (Lipinski definition) is 0. The number of carbonyl (C=O) groups excluding carboxylic acids is 1. The molecule has 1 heterocycles. The predicted molar refractivity (Wildman–Crippen MR) is 92.1 cm³/mol. The molecule has 122 valence electrons. The fourth-order valence-electron chi connectivity index (χ4n) is 3.20. The van der Waals surface area contributed by atoms with Gasteiger partial charge in [-0.05, 0) is 38.8 Å². The highest BCUT2D eigenvalue weighted by molar-refractivity contribution is 6.27. The Morgan fingerprint density at radius 2 is 2.05 bits per heavy atom. The summed E-state index contributed by atoms with van der Waals surface area (Å²) in [5.74, 6) is 0.116. The monoisotopic (exact) mass is 322 g/mol. The molecule has 1 fully saturated rings. The van der Waals surface area contributed by atoms with Crippen molar-refractivity contribution in [2.45, 2.75) is 51.7 Å². The van der Waals surface area contributed by atoms with Crippen molar-refractivity contribution >= 4 is 17.5 Å². The van der Waals surface area contributed by atoms with Gasteiger partial charge >= 0.3 is 0 Å². The molecule has 1 aromatic rings. The highest BCUT2D eigenvalue weighted by Crippen LogP contribution is 2.21. The maximum absolute atomic E-state index is 12.1. The van der Waals surface area contributed by atoms with Crippen molar-refractivity contribution in [1.82, 2.24) is 9.80 Å². The third-order valence-electron chi connectivity index (χ3n) is 4.44. The molecule has 1 saturated heterocycles. The molecule has 22 heavy (non-hydrogen) atoms. The van der Waals surface area contributed by atoms with Crippen LogP contribution in [0, 0.1) is 0 Å². The van der Waals surface area contributed by atoms with Crippen molar-refractivity contribution in [3.05, 3.63) is 35.9 Å². The molecule has 0 aliphatic carbocycles. The van der Waals surface area contributed by atoms with E-state index in [0.29, 0.717) is 6.04 Å². The number of nitrogens with zero attached hydrogens (tertiary/aromatic N) is 2. The molecule has 0 N–H and O–H groups in total. The minimum absolute atomic E-state index is 0.0434. The Bertz CT molecular complexity index is 463. The normalized spacial score (nSPS) is 19.4. The van der Waals surface area contributed by atoms with E-state index in [1.54, 1.807) is 0 Å². The van der Waals surface area contributed by atoms with Crippen LogP contribution in [0.15, 0.2) is 30.3 Å². The van der Waals surface area contributed by atoms with Gasteiger partial charge in [-0.1, -0.05) is 36.8 Å². The second-order valence-corrected chi connectivity index (χ2v) is 6.65. The Hall–Kier alpha value is -1.06. The first kappa shape index (κ1) is 17.3. The molecule has 0 saturated carbocycles. The maximum Gasteiger partial charge on any atom is 0.237 e. The zero-order valence-electron chi connectivity index (χ0n) is 13.7. The molecule has 0 radical (unpaired) electrons. The molecule has 1 aromatic carbocycles. The largest absolute Gasteiger partial charge is 0.338 e. The summed E-state index contributed by atoms with van der Waals surface area (Å²) in [6.07, 6.45) is 3.65. The van der Waals surface area contributed by atoms with Gasteiger partial charge in [0.25, 0.3) is 0 Å². The molecule has 1 amide bonds. The maximum atomic E-state index is 12.1. The molecule has 0 bridgehead atoms. The van der Waals surface area contributed by atoms with Gasteiger partial charge in [0.2, 0.25) is 5.91 Å². The van der Waals surface area contributed by atoms with Gasteiger partial charge in [0.15, 0.2) is 0 Å². The average Bonchev–Trinajstić information content (AvgIpc) is 2.54.